The van der Waals surface area contributed by atoms with Gasteiger partial charge in [-0.2, -0.15) is 5.10 Å². The fraction of sp³-hybridized carbons (Fsp3) is 0.208. The van der Waals surface area contributed by atoms with Crippen LogP contribution in [0.4, 0.5) is 0 Å². The van der Waals surface area contributed by atoms with Crippen molar-refractivity contribution < 1.29 is 4.74 Å². The van der Waals surface area contributed by atoms with Crippen LogP contribution in [0.3, 0.4) is 0 Å². The molecule has 0 spiro atoms. The van der Waals surface area contributed by atoms with Crippen molar-refractivity contribution in [1.29, 1.82) is 0 Å². The van der Waals surface area contributed by atoms with Gasteiger partial charge in [0.1, 0.15) is 5.75 Å². The summed E-state index contributed by atoms with van der Waals surface area (Å²) in [6.07, 6.45) is 0.653. The zero-order chi connectivity index (χ0) is 19.3. The summed E-state index contributed by atoms with van der Waals surface area (Å²) in [5.41, 5.74) is 7.10. The average molecular weight is 433 g/mol. The zero-order valence-electron chi connectivity index (χ0n) is 15.9. The van der Waals surface area contributed by atoms with Crippen LogP contribution >= 0.6 is 15.9 Å². The number of hydrogen-bond acceptors (Lipinski definition) is 3. The predicted molar refractivity (Wildman–Crippen MR) is 116 cm³/mol. The van der Waals surface area contributed by atoms with Gasteiger partial charge in [-0.15, -0.1) is 0 Å². The van der Waals surface area contributed by atoms with Crippen LogP contribution in [-0.4, -0.2) is 10.7 Å². The van der Waals surface area contributed by atoms with Gasteiger partial charge in [0, 0.05) is 22.0 Å². The van der Waals surface area contributed by atoms with Gasteiger partial charge in [-0.3, -0.25) is 0 Å². The van der Waals surface area contributed by atoms with Crippen molar-refractivity contribution in [3.63, 3.8) is 0 Å². The lowest BCUT2D eigenvalue weighted by Gasteiger charge is -2.38. The molecule has 3 aromatic carbocycles. The molecule has 0 bridgehead atoms. The van der Waals surface area contributed by atoms with Crippen molar-refractivity contribution in [1.82, 2.24) is 5.01 Å². The SMILES string of the molecule is Cc1ccc(C2=NN3[C@@H](C2)c2cc(Br)ccc2O[C@H]3c2ccc(C)cc2)cc1. The Hall–Kier alpha value is -2.59. The Morgan fingerprint density at radius 1 is 0.929 bits per heavy atom. The number of aryl methyl sites for hydroxylation is 2. The normalized spacial score (nSPS) is 20.2. The summed E-state index contributed by atoms with van der Waals surface area (Å²) < 4.78 is 7.49. The first kappa shape index (κ1) is 17.5. The standard InChI is InChI=1S/C24H21BrN2O/c1-15-3-7-17(8-4-15)21-14-22-20-13-19(25)11-12-23(20)28-24(27(22)26-21)18-9-5-16(2)6-10-18/h3-13,22,24H,14H2,1-2H3/t22-,24-/m0/s1. The number of fused-ring (bicyclic) bond motifs is 3. The van der Waals surface area contributed by atoms with Crippen LogP contribution in [0.5, 0.6) is 5.75 Å². The number of benzene rings is 3. The van der Waals surface area contributed by atoms with E-state index < -0.39 is 0 Å². The lowest BCUT2D eigenvalue weighted by molar-refractivity contribution is -0.0190. The molecule has 0 aromatic heterocycles. The summed E-state index contributed by atoms with van der Waals surface area (Å²) in [5.74, 6) is 0.940. The van der Waals surface area contributed by atoms with Gasteiger partial charge in [0.25, 0.3) is 0 Å². The minimum Gasteiger partial charge on any atom is -0.464 e. The summed E-state index contributed by atoms with van der Waals surface area (Å²) in [6, 6.07) is 23.6. The molecule has 0 aliphatic carbocycles. The van der Waals surface area contributed by atoms with Crippen LogP contribution in [0.1, 0.15) is 46.5 Å². The van der Waals surface area contributed by atoms with E-state index in [1.165, 1.54) is 22.3 Å². The van der Waals surface area contributed by atoms with Gasteiger partial charge in [0.2, 0.25) is 6.23 Å². The summed E-state index contributed by atoms with van der Waals surface area (Å²) in [7, 11) is 0. The molecular formula is C24H21BrN2O. The number of rotatable bonds is 2. The first-order valence-electron chi connectivity index (χ1n) is 9.54. The molecule has 2 heterocycles. The Morgan fingerprint density at radius 3 is 2.32 bits per heavy atom. The molecule has 0 saturated carbocycles. The highest BCUT2D eigenvalue weighted by Crippen LogP contribution is 2.48. The smallest absolute Gasteiger partial charge is 0.213 e. The van der Waals surface area contributed by atoms with Gasteiger partial charge >= 0.3 is 0 Å². The topological polar surface area (TPSA) is 24.8 Å². The lowest BCUT2D eigenvalue weighted by atomic mass is 9.95. The molecule has 5 rings (SSSR count). The van der Waals surface area contributed by atoms with Gasteiger partial charge in [0.15, 0.2) is 0 Å². The molecule has 0 saturated heterocycles. The van der Waals surface area contributed by atoms with Crippen molar-refractivity contribution >= 4 is 21.6 Å². The summed E-state index contributed by atoms with van der Waals surface area (Å²) in [6.45, 7) is 4.21. The van der Waals surface area contributed by atoms with Gasteiger partial charge in [-0.05, 0) is 37.6 Å². The summed E-state index contributed by atoms with van der Waals surface area (Å²) in [5, 5.41) is 7.16. The molecule has 140 valence electrons. The summed E-state index contributed by atoms with van der Waals surface area (Å²) >= 11 is 3.61. The number of hydrogen-bond donors (Lipinski definition) is 0. The predicted octanol–water partition coefficient (Wildman–Crippen LogP) is 6.31. The van der Waals surface area contributed by atoms with Crippen LogP contribution in [-0.2, 0) is 0 Å². The van der Waals surface area contributed by atoms with E-state index in [-0.39, 0.29) is 12.3 Å². The van der Waals surface area contributed by atoms with Gasteiger partial charge < -0.3 is 4.74 Å². The van der Waals surface area contributed by atoms with E-state index in [1.807, 2.05) is 6.07 Å². The van der Waals surface area contributed by atoms with Crippen molar-refractivity contribution in [2.75, 3.05) is 0 Å². The Bertz CT molecular complexity index is 1060. The molecule has 3 nitrogen and oxygen atoms in total. The number of halogens is 1. The van der Waals surface area contributed by atoms with Crippen molar-refractivity contribution in [2.45, 2.75) is 32.5 Å². The van der Waals surface area contributed by atoms with Gasteiger partial charge in [-0.25, -0.2) is 5.01 Å². The fourth-order valence-corrected chi connectivity index (χ4v) is 4.31. The highest BCUT2D eigenvalue weighted by molar-refractivity contribution is 9.10. The molecule has 4 heteroatoms. The van der Waals surface area contributed by atoms with Crippen LogP contribution < -0.4 is 4.74 Å². The van der Waals surface area contributed by atoms with Gasteiger partial charge in [0.05, 0.1) is 11.8 Å². The van der Waals surface area contributed by atoms with Crippen LogP contribution in [0.2, 0.25) is 0 Å². The van der Waals surface area contributed by atoms with Crippen LogP contribution in [0, 0.1) is 13.8 Å². The molecular weight excluding hydrogens is 412 g/mol. The van der Waals surface area contributed by atoms with Crippen molar-refractivity contribution in [3.8, 4) is 5.75 Å². The number of hydrazone groups is 1. The zero-order valence-corrected chi connectivity index (χ0v) is 17.5. The maximum Gasteiger partial charge on any atom is 0.213 e. The second-order valence-electron chi connectivity index (χ2n) is 7.58. The first-order valence-corrected chi connectivity index (χ1v) is 10.3. The molecule has 0 fully saturated rings. The molecule has 0 amide bonds. The van der Waals surface area contributed by atoms with Gasteiger partial charge in [-0.1, -0.05) is 75.6 Å². The monoisotopic (exact) mass is 432 g/mol. The quantitative estimate of drug-likeness (QED) is 0.473. The van der Waals surface area contributed by atoms with Crippen LogP contribution in [0.15, 0.2) is 76.3 Å². The van der Waals surface area contributed by atoms with E-state index in [4.69, 9.17) is 9.84 Å². The minimum atomic E-state index is -0.220. The van der Waals surface area contributed by atoms with E-state index in [0.29, 0.717) is 0 Å². The lowest BCUT2D eigenvalue weighted by Crippen LogP contribution is -2.33. The molecule has 2 aliphatic heterocycles. The third-order valence-electron chi connectivity index (χ3n) is 5.50. The number of nitrogens with zero attached hydrogens (tertiary/aromatic N) is 2. The fourth-order valence-electron chi connectivity index (χ4n) is 3.93. The van der Waals surface area contributed by atoms with Crippen molar-refractivity contribution in [3.05, 3.63) is 99.0 Å². The molecule has 2 atom stereocenters. The molecule has 28 heavy (non-hydrogen) atoms. The highest BCUT2D eigenvalue weighted by atomic mass is 79.9. The van der Waals surface area contributed by atoms with Crippen molar-refractivity contribution in [2.24, 2.45) is 5.10 Å². The number of ether oxygens (including phenoxy) is 1. The minimum absolute atomic E-state index is 0.170. The first-order chi connectivity index (χ1) is 13.6. The molecule has 3 aromatic rings. The maximum atomic E-state index is 6.43. The Morgan fingerprint density at radius 2 is 1.61 bits per heavy atom. The molecule has 2 aliphatic rings. The molecule has 0 unspecified atom stereocenters. The molecule has 0 radical (unpaired) electrons. The van der Waals surface area contributed by atoms with E-state index in [2.05, 4.69) is 95.5 Å². The third-order valence-corrected chi connectivity index (χ3v) is 5.99. The molecule has 0 N–H and O–H groups in total. The van der Waals surface area contributed by atoms with Crippen LogP contribution in [0.25, 0.3) is 0 Å². The average Bonchev–Trinajstić information content (AvgIpc) is 3.14. The van der Waals surface area contributed by atoms with E-state index in [9.17, 15) is 0 Å². The largest absolute Gasteiger partial charge is 0.464 e. The Labute approximate surface area is 173 Å². The highest BCUT2D eigenvalue weighted by Gasteiger charge is 2.41. The second-order valence-corrected chi connectivity index (χ2v) is 8.49. The Balaban J connectivity index is 1.59. The summed E-state index contributed by atoms with van der Waals surface area (Å²) in [4.78, 5) is 0. The maximum absolute atomic E-state index is 6.43. The second kappa shape index (κ2) is 6.78. The Kier molecular flexibility index (Phi) is 4.24. The third kappa shape index (κ3) is 3.02. The van der Waals surface area contributed by atoms with E-state index in [0.717, 1.165) is 27.9 Å². The van der Waals surface area contributed by atoms with E-state index >= 15 is 0 Å². The van der Waals surface area contributed by atoms with E-state index in [1.54, 1.807) is 0 Å².